The first-order valence-corrected chi connectivity index (χ1v) is 20.4. The molecule has 0 atom stereocenters. The van der Waals surface area contributed by atoms with E-state index in [9.17, 15) is 9.59 Å². The van der Waals surface area contributed by atoms with Crippen molar-refractivity contribution in [2.24, 2.45) is 0 Å². The molecule has 292 valence electrons. The number of aryl methyl sites for hydroxylation is 4. The Kier molecular flexibility index (Phi) is 14.0. The summed E-state index contributed by atoms with van der Waals surface area (Å²) in [6, 6.07) is 6.66. The van der Waals surface area contributed by atoms with Gasteiger partial charge in [0.05, 0.1) is 25.6 Å². The summed E-state index contributed by atoms with van der Waals surface area (Å²) in [5, 5.41) is 0. The first kappa shape index (κ1) is 41.0. The van der Waals surface area contributed by atoms with Crippen molar-refractivity contribution in [3.05, 3.63) is 68.8 Å². The van der Waals surface area contributed by atoms with Gasteiger partial charge in [0, 0.05) is 58.1 Å². The fourth-order valence-corrected chi connectivity index (χ4v) is 8.15. The molecule has 0 aromatic carbocycles. The van der Waals surface area contributed by atoms with E-state index >= 15 is 0 Å². The number of allylic oxidation sites excluding steroid dienone is 2. The number of aromatic amines is 2. The van der Waals surface area contributed by atoms with Crippen LogP contribution in [0.2, 0.25) is 0 Å². The molecule has 0 spiro atoms. The monoisotopic (exact) mass is 736 g/mol. The Hall–Kier alpha value is -4.20. The third-order valence-electron chi connectivity index (χ3n) is 11.8. The van der Waals surface area contributed by atoms with Gasteiger partial charge in [-0.25, -0.2) is 4.98 Å². The van der Waals surface area contributed by atoms with Crippen molar-refractivity contribution in [1.82, 2.24) is 19.9 Å². The highest BCUT2D eigenvalue weighted by Crippen LogP contribution is 2.38. The van der Waals surface area contributed by atoms with E-state index in [1.54, 1.807) is 0 Å². The van der Waals surface area contributed by atoms with E-state index in [0.29, 0.717) is 25.7 Å². The standard InChI is InChI=1S/C46H64N4O4/c1-10-11-12-13-14-15-16-17-20-35-41-28-46(6,7)42(49-41)27-38-32(5)34(22-19-24-44(52)54-9)40(48-38)26-39-33(21-18-23-43(51)53-8)31(4)37(47-39)25-36-29(2)30(3)45(35)50-36/h25-27,47-48H,10-24,28H2,1-9H3. The lowest BCUT2D eigenvalue weighted by Crippen LogP contribution is -2.15. The second-order valence-electron chi connectivity index (χ2n) is 16.2. The zero-order chi connectivity index (χ0) is 39.0. The number of esters is 2. The van der Waals surface area contributed by atoms with E-state index in [1.165, 1.54) is 92.6 Å². The number of nitrogens with zero attached hydrogens (tertiary/aromatic N) is 2. The fraction of sp³-hybridized carbons (Fsp3) is 0.565. The number of carbonyl (C=O) groups is 2. The number of methoxy groups -OCH3 is 2. The SMILES string of the molecule is CCCCCCCCCCc1c2nc(cc3[nH]c(cc4[nH]c(cc5nc1C(C)=C5C)c(C)c4CCCC(=O)OC)c(CCCC(=O)OC)c3C)C(C)(C)C2. The molecular formula is C46H64N4O4. The summed E-state index contributed by atoms with van der Waals surface area (Å²) in [5.41, 5.74) is 16.6. The molecule has 8 nitrogen and oxygen atoms in total. The lowest BCUT2D eigenvalue weighted by atomic mass is 9.85. The Morgan fingerprint density at radius 1 is 0.648 bits per heavy atom. The normalized spacial score (nSPS) is 13.8. The first-order valence-electron chi connectivity index (χ1n) is 20.4. The molecule has 0 fully saturated rings. The summed E-state index contributed by atoms with van der Waals surface area (Å²) < 4.78 is 9.93. The van der Waals surface area contributed by atoms with Crippen LogP contribution in [0.4, 0.5) is 0 Å². The van der Waals surface area contributed by atoms with Gasteiger partial charge in [-0.3, -0.25) is 14.6 Å². The van der Waals surface area contributed by atoms with Gasteiger partial charge >= 0.3 is 11.9 Å². The molecule has 0 radical (unpaired) electrons. The molecule has 0 aliphatic carbocycles. The Bertz CT molecular complexity index is 2030. The zero-order valence-corrected chi connectivity index (χ0v) is 34.6. The predicted octanol–water partition coefficient (Wildman–Crippen LogP) is 11.1. The summed E-state index contributed by atoms with van der Waals surface area (Å²) in [7, 11) is 2.89. The van der Waals surface area contributed by atoms with Crippen LogP contribution >= 0.6 is 0 Å². The van der Waals surface area contributed by atoms with Crippen LogP contribution < -0.4 is 0 Å². The summed E-state index contributed by atoms with van der Waals surface area (Å²) >= 11 is 0. The Morgan fingerprint density at radius 2 is 1.17 bits per heavy atom. The van der Waals surface area contributed by atoms with Gasteiger partial charge in [-0.15, -0.1) is 0 Å². The van der Waals surface area contributed by atoms with Crippen LogP contribution in [-0.2, 0) is 50.2 Å². The molecule has 2 N–H and O–H groups in total. The van der Waals surface area contributed by atoms with Crippen LogP contribution in [0.5, 0.6) is 0 Å². The second-order valence-corrected chi connectivity index (χ2v) is 16.2. The highest BCUT2D eigenvalue weighted by molar-refractivity contribution is 5.92. The number of nitrogens with one attached hydrogen (secondary N) is 2. The average Bonchev–Trinajstić information content (AvgIpc) is 3.80. The highest BCUT2D eigenvalue weighted by atomic mass is 16.5. The summed E-state index contributed by atoms with van der Waals surface area (Å²) in [4.78, 5) is 42.6. The molecule has 54 heavy (non-hydrogen) atoms. The molecule has 2 aliphatic heterocycles. The molecule has 2 aliphatic rings. The van der Waals surface area contributed by atoms with Crippen molar-refractivity contribution in [1.29, 1.82) is 0 Å². The third kappa shape index (κ3) is 9.53. The van der Waals surface area contributed by atoms with E-state index in [-0.39, 0.29) is 17.4 Å². The fourth-order valence-electron chi connectivity index (χ4n) is 8.15. The number of carbonyl (C=O) groups excluding carboxylic acids is 2. The van der Waals surface area contributed by atoms with Crippen molar-refractivity contribution in [2.75, 3.05) is 14.2 Å². The molecule has 3 aromatic rings. The van der Waals surface area contributed by atoms with Crippen LogP contribution in [-0.4, -0.2) is 46.1 Å². The van der Waals surface area contributed by atoms with Crippen LogP contribution in [0.25, 0.3) is 33.2 Å². The van der Waals surface area contributed by atoms with Crippen molar-refractivity contribution >= 4 is 45.2 Å². The molecule has 0 saturated carbocycles. The molecule has 5 rings (SSSR count). The lowest BCUT2D eigenvalue weighted by Gasteiger charge is -2.17. The quantitative estimate of drug-likeness (QED) is 0.105. The lowest BCUT2D eigenvalue weighted by molar-refractivity contribution is -0.141. The first-order chi connectivity index (χ1) is 25.9. The van der Waals surface area contributed by atoms with E-state index in [2.05, 4.69) is 76.6 Å². The van der Waals surface area contributed by atoms with Crippen molar-refractivity contribution in [3.63, 3.8) is 0 Å². The molecule has 8 bridgehead atoms. The van der Waals surface area contributed by atoms with Gasteiger partial charge in [0.1, 0.15) is 0 Å². The minimum absolute atomic E-state index is 0.150. The number of rotatable bonds is 17. The van der Waals surface area contributed by atoms with E-state index in [0.717, 1.165) is 82.5 Å². The van der Waals surface area contributed by atoms with Crippen molar-refractivity contribution in [3.8, 4) is 0 Å². The number of fused-ring (bicyclic) bond motifs is 8. The largest absolute Gasteiger partial charge is 0.469 e. The number of aromatic nitrogens is 4. The van der Waals surface area contributed by atoms with Crippen LogP contribution in [0.3, 0.4) is 0 Å². The zero-order valence-electron chi connectivity index (χ0n) is 34.6. The molecular weight excluding hydrogens is 673 g/mol. The molecule has 0 unspecified atom stereocenters. The van der Waals surface area contributed by atoms with E-state index in [1.807, 2.05) is 0 Å². The van der Waals surface area contributed by atoms with E-state index in [4.69, 9.17) is 19.4 Å². The maximum Gasteiger partial charge on any atom is 0.305 e. The summed E-state index contributed by atoms with van der Waals surface area (Å²) in [6.45, 7) is 15.6. The Morgan fingerprint density at radius 3 is 1.72 bits per heavy atom. The minimum Gasteiger partial charge on any atom is -0.469 e. The molecule has 0 amide bonds. The highest BCUT2D eigenvalue weighted by Gasteiger charge is 2.32. The van der Waals surface area contributed by atoms with Crippen molar-refractivity contribution < 1.29 is 19.1 Å². The number of unbranched alkanes of at least 4 members (excludes halogenated alkanes) is 7. The summed E-state index contributed by atoms with van der Waals surface area (Å²) in [5.74, 6) is -0.395. The molecule has 0 saturated heterocycles. The number of hydrogen-bond donors (Lipinski definition) is 2. The van der Waals surface area contributed by atoms with Crippen molar-refractivity contribution in [2.45, 2.75) is 157 Å². The van der Waals surface area contributed by atoms with Gasteiger partial charge in [0.2, 0.25) is 0 Å². The Labute approximate surface area is 323 Å². The number of H-pyrrole nitrogens is 2. The molecule has 8 heteroatoms. The maximum absolute atomic E-state index is 12.1. The van der Waals surface area contributed by atoms with E-state index < -0.39 is 0 Å². The topological polar surface area (TPSA) is 110 Å². The van der Waals surface area contributed by atoms with Gasteiger partial charge < -0.3 is 19.4 Å². The maximum atomic E-state index is 12.1. The van der Waals surface area contributed by atoms with Crippen LogP contribution in [0, 0.1) is 13.8 Å². The van der Waals surface area contributed by atoms with Gasteiger partial charge in [0.25, 0.3) is 0 Å². The second kappa shape index (κ2) is 18.4. The third-order valence-corrected chi connectivity index (χ3v) is 11.8. The van der Waals surface area contributed by atoms with Crippen LogP contribution in [0.1, 0.15) is 162 Å². The smallest absolute Gasteiger partial charge is 0.305 e. The van der Waals surface area contributed by atoms with Gasteiger partial charge in [-0.05, 0) is 123 Å². The summed E-state index contributed by atoms with van der Waals surface area (Å²) in [6.07, 6.45) is 15.6. The Balaban J connectivity index is 1.73. The minimum atomic E-state index is -0.198. The van der Waals surface area contributed by atoms with Gasteiger partial charge in [0.15, 0.2) is 0 Å². The van der Waals surface area contributed by atoms with Gasteiger partial charge in [-0.1, -0.05) is 65.7 Å². The molecule has 5 heterocycles. The number of hydrogen-bond acceptors (Lipinski definition) is 6. The predicted molar refractivity (Wildman–Crippen MR) is 222 cm³/mol. The number of ether oxygens (including phenoxy) is 2. The van der Waals surface area contributed by atoms with Gasteiger partial charge in [-0.2, -0.15) is 0 Å². The average molecular weight is 737 g/mol. The van der Waals surface area contributed by atoms with Crippen LogP contribution in [0.15, 0.2) is 18.2 Å². The molecule has 3 aromatic heterocycles.